The molecule has 288 valence electrons. The van der Waals surface area contributed by atoms with E-state index in [2.05, 4.69) is 22.4 Å². The third kappa shape index (κ3) is 8.04. The molecule has 0 spiro atoms. The molecule has 13 nitrogen and oxygen atoms in total. The number of halogens is 3. The van der Waals surface area contributed by atoms with Crippen molar-refractivity contribution >= 4 is 35.0 Å². The number of carbonyl (C=O) groups excluding carboxylic acids is 3. The summed E-state index contributed by atoms with van der Waals surface area (Å²) >= 11 is 6.55. The summed E-state index contributed by atoms with van der Waals surface area (Å²) in [6.45, 7) is 6.75. The minimum atomic E-state index is -1.09. The smallest absolute Gasteiger partial charge is 0.291 e. The predicted molar refractivity (Wildman–Crippen MR) is 199 cm³/mol. The number of hydrogen-bond acceptors (Lipinski definition) is 7. The first kappa shape index (κ1) is 39.0. The molecule has 0 atom stereocenters. The van der Waals surface area contributed by atoms with Gasteiger partial charge in [0, 0.05) is 87.7 Å². The highest BCUT2D eigenvalue weighted by atomic mass is 35.5. The molecule has 0 bridgehead atoms. The zero-order valence-electron chi connectivity index (χ0n) is 30.9. The van der Waals surface area contributed by atoms with E-state index in [0.29, 0.717) is 62.8 Å². The van der Waals surface area contributed by atoms with Gasteiger partial charge in [-0.1, -0.05) is 17.7 Å². The fourth-order valence-electron chi connectivity index (χ4n) is 7.32. The number of likely N-dealkylation sites (tertiary alicyclic amines) is 1. The van der Waals surface area contributed by atoms with Crippen LogP contribution >= 0.6 is 11.6 Å². The van der Waals surface area contributed by atoms with Crippen LogP contribution in [0.5, 0.6) is 0 Å². The Morgan fingerprint density at radius 3 is 2.35 bits per heavy atom. The number of aliphatic hydroxyl groups is 1. The predicted octanol–water partition coefficient (Wildman–Crippen LogP) is 4.22. The van der Waals surface area contributed by atoms with Crippen LogP contribution in [0.1, 0.15) is 39.5 Å². The molecule has 54 heavy (non-hydrogen) atoms. The lowest BCUT2D eigenvalue weighted by atomic mass is 9.93. The molecule has 2 saturated heterocycles. The Morgan fingerprint density at radius 2 is 1.69 bits per heavy atom. The van der Waals surface area contributed by atoms with Crippen LogP contribution in [0.3, 0.4) is 0 Å². The fourth-order valence-corrected chi connectivity index (χ4v) is 7.58. The molecule has 2 aliphatic rings. The van der Waals surface area contributed by atoms with Gasteiger partial charge in [-0.2, -0.15) is 5.10 Å². The second-order valence-electron chi connectivity index (χ2n) is 14.3. The molecule has 2 aliphatic heterocycles. The Hall–Kier alpha value is -4.70. The number of carbonyl (C=O) groups is 3. The number of amides is 3. The third-order valence-electron chi connectivity index (χ3n) is 10.7. The van der Waals surface area contributed by atoms with Crippen LogP contribution in [0.2, 0.25) is 5.02 Å². The number of hydrogen-bond donors (Lipinski definition) is 2. The lowest BCUT2D eigenvalue weighted by Crippen LogP contribution is -2.56. The molecule has 0 unspecified atom stereocenters. The van der Waals surface area contributed by atoms with Crippen molar-refractivity contribution in [3.05, 3.63) is 76.5 Å². The second kappa shape index (κ2) is 16.3. The van der Waals surface area contributed by atoms with Crippen molar-refractivity contribution in [3.8, 4) is 22.4 Å². The minimum Gasteiger partial charge on any atom is -0.391 e. The standard InChI is InChI=1S/C38H45ClF2N8O5/c1-24-30(23-48(44-24)15-20-54-4)27-7-8-29(34(41)33(27)40)32-22-42-35(45(32)2)36(51)43-26-5-6-28(31(39)21-26)38(53)47-13-11-46(12-14-47)37(52)25-9-16-49(3,17-10-25)18-19-50/h5-8,21-23,25,50H,9-20H2,1-4H3/p+1. The van der Waals surface area contributed by atoms with Crippen LogP contribution < -0.4 is 5.32 Å². The highest BCUT2D eigenvalue weighted by molar-refractivity contribution is 6.34. The van der Waals surface area contributed by atoms with Gasteiger partial charge in [-0.25, -0.2) is 13.8 Å². The molecule has 0 saturated carbocycles. The summed E-state index contributed by atoms with van der Waals surface area (Å²) in [5, 5.41) is 16.6. The topological polar surface area (TPSA) is 135 Å². The average molecular weight is 768 g/mol. The first-order valence-corrected chi connectivity index (χ1v) is 18.4. The molecule has 3 amide bonds. The van der Waals surface area contributed by atoms with Gasteiger partial charge in [0.15, 0.2) is 17.5 Å². The minimum absolute atomic E-state index is 0.0409. The number of rotatable bonds is 11. The second-order valence-corrected chi connectivity index (χ2v) is 14.7. The molecular weight excluding hydrogens is 722 g/mol. The lowest BCUT2D eigenvalue weighted by Gasteiger charge is -2.42. The molecule has 6 rings (SSSR count). The van der Waals surface area contributed by atoms with Crippen molar-refractivity contribution < 1.29 is 37.5 Å². The van der Waals surface area contributed by atoms with Gasteiger partial charge in [0.2, 0.25) is 5.91 Å². The van der Waals surface area contributed by atoms with E-state index in [1.54, 1.807) is 35.9 Å². The molecule has 2 aromatic carbocycles. The first-order chi connectivity index (χ1) is 25.8. The fraction of sp³-hybridized carbons (Fsp3) is 0.447. The zero-order valence-corrected chi connectivity index (χ0v) is 31.7. The SMILES string of the molecule is COCCn1cc(-c2ccc(-c3cnc(C(=O)Nc4ccc(C(=O)N5CCN(C(=O)C6CC[N+](C)(CCO)CC6)CC5)c(Cl)c4)n3C)c(F)c2F)c(C)n1. The zero-order chi connectivity index (χ0) is 38.7. The normalized spacial score (nSPS) is 18.9. The van der Waals surface area contributed by atoms with Crippen LogP contribution in [0, 0.1) is 24.5 Å². The number of benzene rings is 2. The number of likely N-dealkylation sites (N-methyl/N-ethyl adjacent to an activating group) is 1. The molecular formula is C38H46ClF2N8O5+. The summed E-state index contributed by atoms with van der Waals surface area (Å²) in [5.74, 6) is -3.00. The highest BCUT2D eigenvalue weighted by Crippen LogP contribution is 2.33. The largest absolute Gasteiger partial charge is 0.391 e. The molecule has 0 aliphatic carbocycles. The van der Waals surface area contributed by atoms with Crippen molar-refractivity contribution in [1.29, 1.82) is 0 Å². The van der Waals surface area contributed by atoms with Gasteiger partial charge >= 0.3 is 0 Å². The number of aliphatic hydroxyl groups excluding tert-OH is 1. The summed E-state index contributed by atoms with van der Waals surface area (Å²) < 4.78 is 39.8. The Morgan fingerprint density at radius 1 is 1.02 bits per heavy atom. The molecule has 2 aromatic heterocycles. The Kier molecular flexibility index (Phi) is 11.8. The third-order valence-corrected chi connectivity index (χ3v) is 11.0. The quantitative estimate of drug-likeness (QED) is 0.219. The van der Waals surface area contributed by atoms with Crippen LogP contribution in [0.4, 0.5) is 14.5 Å². The van der Waals surface area contributed by atoms with E-state index in [4.69, 9.17) is 16.3 Å². The molecule has 0 radical (unpaired) electrons. The lowest BCUT2D eigenvalue weighted by molar-refractivity contribution is -0.915. The van der Waals surface area contributed by atoms with E-state index >= 15 is 8.78 Å². The number of anilines is 1. The van der Waals surface area contributed by atoms with Crippen molar-refractivity contribution in [2.75, 3.05) is 78.5 Å². The van der Waals surface area contributed by atoms with Gasteiger partial charge in [0.05, 0.1) is 68.1 Å². The van der Waals surface area contributed by atoms with Crippen molar-refractivity contribution in [2.24, 2.45) is 13.0 Å². The first-order valence-electron chi connectivity index (χ1n) is 18.0. The van der Waals surface area contributed by atoms with Crippen LogP contribution in [0.15, 0.2) is 42.7 Å². The van der Waals surface area contributed by atoms with E-state index < -0.39 is 17.5 Å². The Bertz CT molecular complexity index is 2040. The van der Waals surface area contributed by atoms with E-state index in [0.717, 1.165) is 30.4 Å². The van der Waals surface area contributed by atoms with Crippen LogP contribution in [-0.2, 0) is 23.1 Å². The van der Waals surface area contributed by atoms with Crippen molar-refractivity contribution in [1.82, 2.24) is 29.1 Å². The summed E-state index contributed by atoms with van der Waals surface area (Å²) in [6, 6.07) is 7.48. The van der Waals surface area contributed by atoms with E-state index in [-0.39, 0.29) is 57.6 Å². The maximum Gasteiger partial charge on any atom is 0.291 e. The average Bonchev–Trinajstić information content (AvgIpc) is 3.73. The highest BCUT2D eigenvalue weighted by Gasteiger charge is 2.36. The van der Waals surface area contributed by atoms with Gasteiger partial charge in [-0.05, 0) is 31.2 Å². The maximum atomic E-state index is 15.5. The number of nitrogens with one attached hydrogen (secondary N) is 1. The van der Waals surface area contributed by atoms with E-state index in [1.165, 1.54) is 42.1 Å². The monoisotopic (exact) mass is 767 g/mol. The van der Waals surface area contributed by atoms with Gasteiger partial charge in [-0.15, -0.1) is 0 Å². The maximum absolute atomic E-state index is 15.5. The Balaban J connectivity index is 1.07. The Labute approximate surface area is 317 Å². The van der Waals surface area contributed by atoms with Gasteiger partial charge in [0.1, 0.15) is 6.54 Å². The van der Waals surface area contributed by atoms with E-state index in [9.17, 15) is 19.5 Å². The number of imidazole rings is 1. The molecule has 2 N–H and O–H groups in total. The number of aryl methyl sites for hydroxylation is 1. The number of aromatic nitrogens is 4. The van der Waals surface area contributed by atoms with Crippen LogP contribution in [-0.4, -0.2) is 130 Å². The van der Waals surface area contributed by atoms with Gasteiger partial charge in [0.25, 0.3) is 11.8 Å². The van der Waals surface area contributed by atoms with Gasteiger partial charge < -0.3 is 34.0 Å². The van der Waals surface area contributed by atoms with E-state index in [1.807, 2.05) is 4.90 Å². The summed E-state index contributed by atoms with van der Waals surface area (Å²) in [5.41, 5.74) is 1.76. The molecule has 16 heteroatoms. The van der Waals surface area contributed by atoms with Gasteiger partial charge in [-0.3, -0.25) is 19.1 Å². The number of nitrogens with zero attached hydrogens (tertiary/aromatic N) is 7. The molecule has 4 heterocycles. The molecule has 2 fully saturated rings. The summed E-state index contributed by atoms with van der Waals surface area (Å²) in [4.78, 5) is 47.6. The number of piperazine rings is 1. The summed E-state index contributed by atoms with van der Waals surface area (Å²) in [7, 11) is 5.21. The number of piperidine rings is 1. The number of methoxy groups -OCH3 is 1. The summed E-state index contributed by atoms with van der Waals surface area (Å²) in [6.07, 6.45) is 4.51. The van der Waals surface area contributed by atoms with Crippen molar-refractivity contribution in [3.63, 3.8) is 0 Å². The molecule has 4 aromatic rings. The number of ether oxygens (including phenoxy) is 1. The van der Waals surface area contributed by atoms with Crippen molar-refractivity contribution in [2.45, 2.75) is 26.3 Å². The number of quaternary nitrogens is 1. The van der Waals surface area contributed by atoms with Crippen LogP contribution in [0.25, 0.3) is 22.4 Å².